The third-order valence-electron chi connectivity index (χ3n) is 1.74. The molecule has 0 bridgehead atoms. The fourth-order valence-corrected chi connectivity index (χ4v) is 1.05. The van der Waals surface area contributed by atoms with Crippen LogP contribution in [0.25, 0.3) is 0 Å². The Morgan fingerprint density at radius 1 is 1.64 bits per heavy atom. The molecule has 80 valence electrons. The van der Waals surface area contributed by atoms with Gasteiger partial charge in [0.1, 0.15) is 0 Å². The van der Waals surface area contributed by atoms with Gasteiger partial charge in [0.05, 0.1) is 19.7 Å². The third kappa shape index (κ3) is 3.36. The predicted molar refractivity (Wildman–Crippen MR) is 50.1 cm³/mol. The van der Waals surface area contributed by atoms with Crippen molar-refractivity contribution < 1.29 is 4.74 Å². The molecule has 0 saturated heterocycles. The van der Waals surface area contributed by atoms with Crippen LogP contribution < -0.4 is 11.3 Å². The molecule has 1 heterocycles. The first-order chi connectivity index (χ1) is 6.76. The fourth-order valence-electron chi connectivity index (χ4n) is 1.05. The Balaban J connectivity index is 2.40. The van der Waals surface area contributed by atoms with Gasteiger partial charge in [-0.3, -0.25) is 11.3 Å². The number of rotatable bonds is 6. The van der Waals surface area contributed by atoms with E-state index in [4.69, 9.17) is 10.6 Å². The van der Waals surface area contributed by atoms with Crippen LogP contribution in [0.3, 0.4) is 0 Å². The van der Waals surface area contributed by atoms with E-state index in [9.17, 15) is 0 Å². The van der Waals surface area contributed by atoms with Gasteiger partial charge in [-0.1, -0.05) is 0 Å². The zero-order chi connectivity index (χ0) is 10.4. The van der Waals surface area contributed by atoms with Crippen molar-refractivity contribution in [2.45, 2.75) is 19.4 Å². The van der Waals surface area contributed by atoms with Crippen LogP contribution in [-0.2, 0) is 18.2 Å². The van der Waals surface area contributed by atoms with Gasteiger partial charge in [-0.15, -0.1) is 10.2 Å². The van der Waals surface area contributed by atoms with Gasteiger partial charge in [0, 0.05) is 13.0 Å². The maximum Gasteiger partial charge on any atom is 0.176 e. The number of nitrogens with zero attached hydrogens (tertiary/aromatic N) is 4. The minimum absolute atomic E-state index is 0.0270. The lowest BCUT2D eigenvalue weighted by molar-refractivity contribution is 0.122. The quantitative estimate of drug-likeness (QED) is 0.434. The maximum atomic E-state index is 5.36. The first-order valence-corrected chi connectivity index (χ1v) is 4.53. The van der Waals surface area contributed by atoms with Crippen LogP contribution in [0.1, 0.15) is 12.7 Å². The molecule has 1 atom stereocenters. The average molecular weight is 200 g/mol. The van der Waals surface area contributed by atoms with Gasteiger partial charge in [0.2, 0.25) is 0 Å². The summed E-state index contributed by atoms with van der Waals surface area (Å²) in [6.45, 7) is 3.16. The third-order valence-corrected chi connectivity index (χ3v) is 1.74. The SMILES string of the molecule is CCOCC(Cc1nnn(C)n1)NN. The Hall–Kier alpha value is -1.05. The monoisotopic (exact) mass is 200 g/mol. The second-order valence-electron chi connectivity index (χ2n) is 2.92. The minimum Gasteiger partial charge on any atom is -0.380 e. The summed E-state index contributed by atoms with van der Waals surface area (Å²) >= 11 is 0. The van der Waals surface area contributed by atoms with Crippen molar-refractivity contribution in [2.24, 2.45) is 12.9 Å². The molecule has 0 spiro atoms. The van der Waals surface area contributed by atoms with Crippen LogP contribution in [0.15, 0.2) is 0 Å². The van der Waals surface area contributed by atoms with Gasteiger partial charge in [0.15, 0.2) is 5.82 Å². The molecular weight excluding hydrogens is 184 g/mol. The van der Waals surface area contributed by atoms with Crippen molar-refractivity contribution in [2.75, 3.05) is 13.2 Å². The number of aryl methyl sites for hydroxylation is 1. The molecule has 0 aromatic carbocycles. The maximum absolute atomic E-state index is 5.36. The highest BCUT2D eigenvalue weighted by atomic mass is 16.5. The van der Waals surface area contributed by atoms with Crippen molar-refractivity contribution in [1.82, 2.24) is 25.6 Å². The highest BCUT2D eigenvalue weighted by Gasteiger charge is 2.11. The molecule has 3 N–H and O–H groups in total. The molecule has 7 nitrogen and oxygen atoms in total. The average Bonchev–Trinajstić information content (AvgIpc) is 2.58. The summed E-state index contributed by atoms with van der Waals surface area (Å²) in [5, 5.41) is 11.6. The highest BCUT2D eigenvalue weighted by Crippen LogP contribution is 1.94. The number of hydrazine groups is 1. The molecule has 0 amide bonds. The van der Waals surface area contributed by atoms with E-state index in [1.165, 1.54) is 4.80 Å². The summed E-state index contributed by atoms with van der Waals surface area (Å²) in [7, 11) is 1.73. The van der Waals surface area contributed by atoms with E-state index in [1.807, 2.05) is 6.92 Å². The highest BCUT2D eigenvalue weighted by molar-refractivity contribution is 4.83. The van der Waals surface area contributed by atoms with Crippen LogP contribution in [-0.4, -0.2) is 39.5 Å². The van der Waals surface area contributed by atoms with Gasteiger partial charge in [-0.25, -0.2) is 0 Å². The second kappa shape index (κ2) is 5.63. The molecule has 1 aromatic rings. The van der Waals surface area contributed by atoms with E-state index in [0.717, 1.165) is 0 Å². The molecule has 0 radical (unpaired) electrons. The number of hydrogen-bond acceptors (Lipinski definition) is 6. The van der Waals surface area contributed by atoms with Crippen LogP contribution in [0.2, 0.25) is 0 Å². The number of tetrazole rings is 1. The zero-order valence-corrected chi connectivity index (χ0v) is 8.47. The minimum atomic E-state index is 0.0270. The van der Waals surface area contributed by atoms with Crippen molar-refractivity contribution in [3.05, 3.63) is 5.82 Å². The van der Waals surface area contributed by atoms with E-state index >= 15 is 0 Å². The molecule has 1 aromatic heterocycles. The zero-order valence-electron chi connectivity index (χ0n) is 8.47. The standard InChI is InChI=1S/C7H16N6O/c1-3-14-5-6(9-8)4-7-10-12-13(2)11-7/h6,9H,3-5,8H2,1-2H3. The summed E-state index contributed by atoms with van der Waals surface area (Å²) < 4.78 is 5.24. The molecule has 0 aliphatic heterocycles. The van der Waals surface area contributed by atoms with E-state index < -0.39 is 0 Å². The largest absolute Gasteiger partial charge is 0.380 e. The molecule has 0 aliphatic rings. The van der Waals surface area contributed by atoms with E-state index in [0.29, 0.717) is 25.5 Å². The van der Waals surface area contributed by atoms with Gasteiger partial charge in [-0.2, -0.15) is 4.80 Å². The van der Waals surface area contributed by atoms with Gasteiger partial charge in [0.25, 0.3) is 0 Å². The van der Waals surface area contributed by atoms with Gasteiger partial charge >= 0.3 is 0 Å². The van der Waals surface area contributed by atoms with Crippen molar-refractivity contribution in [3.8, 4) is 0 Å². The summed E-state index contributed by atoms with van der Waals surface area (Å²) in [5.41, 5.74) is 2.65. The molecule has 0 saturated carbocycles. The first-order valence-electron chi connectivity index (χ1n) is 4.53. The number of hydrogen-bond donors (Lipinski definition) is 2. The van der Waals surface area contributed by atoms with Crippen LogP contribution >= 0.6 is 0 Å². The Kier molecular flexibility index (Phi) is 4.44. The number of nitrogens with two attached hydrogens (primary N) is 1. The summed E-state index contributed by atoms with van der Waals surface area (Å²) in [4.78, 5) is 1.42. The molecule has 0 fully saturated rings. The van der Waals surface area contributed by atoms with Crippen LogP contribution in [0.5, 0.6) is 0 Å². The van der Waals surface area contributed by atoms with Crippen molar-refractivity contribution in [1.29, 1.82) is 0 Å². The van der Waals surface area contributed by atoms with Gasteiger partial charge in [-0.05, 0) is 12.1 Å². The van der Waals surface area contributed by atoms with Gasteiger partial charge < -0.3 is 4.74 Å². The molecule has 1 rings (SSSR count). The Labute approximate surface area is 82.6 Å². The lowest BCUT2D eigenvalue weighted by Gasteiger charge is -2.12. The molecule has 0 aliphatic carbocycles. The molecule has 14 heavy (non-hydrogen) atoms. The number of aromatic nitrogens is 4. The topological polar surface area (TPSA) is 90.9 Å². The predicted octanol–water partition coefficient (Wildman–Crippen LogP) is -1.38. The van der Waals surface area contributed by atoms with Crippen LogP contribution in [0, 0.1) is 0 Å². The molecule has 7 heteroatoms. The lowest BCUT2D eigenvalue weighted by atomic mass is 10.2. The Bertz CT molecular complexity index is 262. The summed E-state index contributed by atoms with van der Waals surface area (Å²) in [6, 6.07) is 0.0270. The normalized spacial score (nSPS) is 13.1. The number of ether oxygens (including phenoxy) is 1. The van der Waals surface area contributed by atoms with Crippen molar-refractivity contribution >= 4 is 0 Å². The summed E-state index contributed by atoms with van der Waals surface area (Å²) in [5.74, 6) is 6.02. The Morgan fingerprint density at radius 3 is 2.93 bits per heavy atom. The number of nitrogens with one attached hydrogen (secondary N) is 1. The second-order valence-corrected chi connectivity index (χ2v) is 2.92. The van der Waals surface area contributed by atoms with Crippen molar-refractivity contribution in [3.63, 3.8) is 0 Å². The summed E-state index contributed by atoms with van der Waals surface area (Å²) in [6.07, 6.45) is 0.615. The fraction of sp³-hybridized carbons (Fsp3) is 0.857. The van der Waals surface area contributed by atoms with E-state index in [2.05, 4.69) is 20.8 Å². The van der Waals surface area contributed by atoms with E-state index in [-0.39, 0.29) is 6.04 Å². The van der Waals surface area contributed by atoms with E-state index in [1.54, 1.807) is 7.05 Å². The smallest absolute Gasteiger partial charge is 0.176 e. The van der Waals surface area contributed by atoms with Crippen LogP contribution in [0.4, 0.5) is 0 Å². The molecule has 1 unspecified atom stereocenters. The molecular formula is C7H16N6O. The Morgan fingerprint density at radius 2 is 2.43 bits per heavy atom. The first kappa shape index (κ1) is 11.0. The lowest BCUT2D eigenvalue weighted by Crippen LogP contribution is -2.40.